The number of hydrogen-bond acceptors (Lipinski definition) is 4. The second-order valence-electron chi connectivity index (χ2n) is 7.35. The number of nitrogens with one attached hydrogen (secondary N) is 1. The first-order valence-electron chi connectivity index (χ1n) is 9.62. The van der Waals surface area contributed by atoms with Crippen molar-refractivity contribution in [3.05, 3.63) is 53.6 Å². The standard InChI is InChI=1S/C21H23F3N2O3S/c1-15-4-7-17(8-5-15)30(28,29)13-10-20(27)25-18-14-16(21(22,23)24)6-9-19(18)26-11-2-3-12-26/h4-9,14H,2-3,10-13H2,1H3,(H,25,27). The minimum atomic E-state index is -4.54. The van der Waals surface area contributed by atoms with Crippen LogP contribution < -0.4 is 10.2 Å². The fraction of sp³-hybridized carbons (Fsp3) is 0.381. The number of benzene rings is 2. The summed E-state index contributed by atoms with van der Waals surface area (Å²) >= 11 is 0. The number of anilines is 2. The molecule has 1 heterocycles. The maximum absolute atomic E-state index is 13.1. The minimum Gasteiger partial charge on any atom is -0.370 e. The Balaban J connectivity index is 1.75. The highest BCUT2D eigenvalue weighted by Crippen LogP contribution is 2.36. The van der Waals surface area contributed by atoms with E-state index in [4.69, 9.17) is 0 Å². The summed E-state index contributed by atoms with van der Waals surface area (Å²) in [7, 11) is -3.67. The highest BCUT2D eigenvalue weighted by Gasteiger charge is 2.32. The smallest absolute Gasteiger partial charge is 0.370 e. The zero-order valence-electron chi connectivity index (χ0n) is 16.5. The van der Waals surface area contributed by atoms with Gasteiger partial charge < -0.3 is 10.2 Å². The van der Waals surface area contributed by atoms with E-state index in [0.29, 0.717) is 18.8 Å². The SMILES string of the molecule is Cc1ccc(S(=O)(=O)CCC(=O)Nc2cc(C(F)(F)F)ccc2N2CCCC2)cc1. The molecule has 5 nitrogen and oxygen atoms in total. The van der Waals surface area contributed by atoms with Crippen molar-refractivity contribution in [2.24, 2.45) is 0 Å². The number of sulfone groups is 1. The molecule has 0 saturated carbocycles. The molecule has 1 aliphatic rings. The monoisotopic (exact) mass is 440 g/mol. The first kappa shape index (κ1) is 22.1. The summed E-state index contributed by atoms with van der Waals surface area (Å²) in [6, 6.07) is 9.52. The molecule has 0 unspecified atom stereocenters. The summed E-state index contributed by atoms with van der Waals surface area (Å²) < 4.78 is 64.2. The first-order valence-corrected chi connectivity index (χ1v) is 11.3. The molecule has 0 radical (unpaired) electrons. The van der Waals surface area contributed by atoms with Crippen LogP contribution in [0.2, 0.25) is 0 Å². The Kier molecular flexibility index (Phi) is 6.40. The molecule has 2 aromatic carbocycles. The third-order valence-corrected chi connectivity index (χ3v) is 6.75. The van der Waals surface area contributed by atoms with Gasteiger partial charge in [0.25, 0.3) is 0 Å². The van der Waals surface area contributed by atoms with Crippen LogP contribution in [0, 0.1) is 6.92 Å². The Morgan fingerprint density at radius 3 is 2.30 bits per heavy atom. The molecule has 2 aromatic rings. The Bertz CT molecular complexity index is 1010. The average molecular weight is 440 g/mol. The van der Waals surface area contributed by atoms with Gasteiger partial charge >= 0.3 is 6.18 Å². The molecule has 3 rings (SSSR count). The number of carbonyl (C=O) groups is 1. The average Bonchev–Trinajstić information content (AvgIpc) is 3.21. The van der Waals surface area contributed by atoms with E-state index in [9.17, 15) is 26.4 Å². The van der Waals surface area contributed by atoms with Gasteiger partial charge in [-0.1, -0.05) is 17.7 Å². The molecule has 0 atom stereocenters. The van der Waals surface area contributed by atoms with E-state index in [-0.39, 0.29) is 17.0 Å². The molecule has 0 bridgehead atoms. The molecule has 0 spiro atoms. The Morgan fingerprint density at radius 2 is 1.70 bits per heavy atom. The molecule has 162 valence electrons. The lowest BCUT2D eigenvalue weighted by atomic mass is 10.1. The van der Waals surface area contributed by atoms with Crippen LogP contribution in [-0.2, 0) is 20.8 Å². The summed E-state index contributed by atoms with van der Waals surface area (Å²) in [5, 5.41) is 2.49. The number of hydrogen-bond donors (Lipinski definition) is 1. The molecule has 0 aromatic heterocycles. The van der Waals surface area contributed by atoms with Crippen LogP contribution in [-0.4, -0.2) is 33.2 Å². The van der Waals surface area contributed by atoms with Crippen LogP contribution >= 0.6 is 0 Å². The van der Waals surface area contributed by atoms with E-state index in [1.54, 1.807) is 12.1 Å². The van der Waals surface area contributed by atoms with Crippen molar-refractivity contribution in [1.82, 2.24) is 0 Å². The van der Waals surface area contributed by atoms with Crippen LogP contribution in [0.3, 0.4) is 0 Å². The fourth-order valence-corrected chi connectivity index (χ4v) is 4.59. The lowest BCUT2D eigenvalue weighted by molar-refractivity contribution is -0.137. The highest BCUT2D eigenvalue weighted by molar-refractivity contribution is 7.91. The number of nitrogens with zero attached hydrogens (tertiary/aromatic N) is 1. The van der Waals surface area contributed by atoms with Gasteiger partial charge in [-0.15, -0.1) is 0 Å². The van der Waals surface area contributed by atoms with Gasteiger partial charge in [-0.3, -0.25) is 4.79 Å². The zero-order chi connectivity index (χ0) is 21.9. The summed E-state index contributed by atoms with van der Waals surface area (Å²) in [6.45, 7) is 3.21. The largest absolute Gasteiger partial charge is 0.416 e. The number of halogens is 3. The van der Waals surface area contributed by atoms with Gasteiger partial charge in [0.05, 0.1) is 27.6 Å². The number of amides is 1. The van der Waals surface area contributed by atoms with Crippen LogP contribution in [0.25, 0.3) is 0 Å². The molecule has 9 heteroatoms. The van der Waals surface area contributed by atoms with Crippen LogP contribution in [0.4, 0.5) is 24.5 Å². The normalized spacial score (nSPS) is 14.7. The second kappa shape index (κ2) is 8.67. The molecule has 30 heavy (non-hydrogen) atoms. The number of aryl methyl sites for hydroxylation is 1. The fourth-order valence-electron chi connectivity index (χ4n) is 3.35. The quantitative estimate of drug-likeness (QED) is 0.722. The van der Waals surface area contributed by atoms with Gasteiger partial charge in [0.1, 0.15) is 0 Å². The van der Waals surface area contributed by atoms with Crippen molar-refractivity contribution < 1.29 is 26.4 Å². The van der Waals surface area contributed by atoms with E-state index >= 15 is 0 Å². The van der Waals surface area contributed by atoms with Gasteiger partial charge in [-0.05, 0) is 50.1 Å². The predicted molar refractivity (Wildman–Crippen MR) is 109 cm³/mol. The van der Waals surface area contributed by atoms with Crippen molar-refractivity contribution in [3.63, 3.8) is 0 Å². The molecular formula is C21H23F3N2O3S. The summed E-state index contributed by atoms with van der Waals surface area (Å²) in [4.78, 5) is 14.4. The van der Waals surface area contributed by atoms with Crippen molar-refractivity contribution >= 4 is 27.1 Å². The van der Waals surface area contributed by atoms with E-state index in [0.717, 1.165) is 30.5 Å². The first-order chi connectivity index (χ1) is 14.1. The lowest BCUT2D eigenvalue weighted by Gasteiger charge is -2.23. The minimum absolute atomic E-state index is 0.0458. The molecule has 1 saturated heterocycles. The van der Waals surface area contributed by atoms with Crippen molar-refractivity contribution in [3.8, 4) is 0 Å². The highest BCUT2D eigenvalue weighted by atomic mass is 32.2. The summed E-state index contributed by atoms with van der Waals surface area (Å²) in [6.07, 6.45) is -3.06. The van der Waals surface area contributed by atoms with Gasteiger partial charge in [0.15, 0.2) is 9.84 Å². The number of alkyl halides is 3. The maximum atomic E-state index is 13.1. The lowest BCUT2D eigenvalue weighted by Crippen LogP contribution is -2.23. The number of carbonyl (C=O) groups excluding carboxylic acids is 1. The topological polar surface area (TPSA) is 66.5 Å². The summed E-state index contributed by atoms with van der Waals surface area (Å²) in [5.74, 6) is -1.08. The van der Waals surface area contributed by atoms with Crippen molar-refractivity contribution in [2.45, 2.75) is 37.3 Å². The van der Waals surface area contributed by atoms with E-state index in [1.165, 1.54) is 18.2 Å². The molecule has 0 aliphatic carbocycles. The maximum Gasteiger partial charge on any atom is 0.416 e. The molecule has 1 fully saturated rings. The van der Waals surface area contributed by atoms with Crippen molar-refractivity contribution in [1.29, 1.82) is 0 Å². The second-order valence-corrected chi connectivity index (χ2v) is 9.46. The van der Waals surface area contributed by atoms with Gasteiger partial charge in [0.2, 0.25) is 5.91 Å². The Morgan fingerprint density at radius 1 is 1.07 bits per heavy atom. The Hall–Kier alpha value is -2.55. The molecule has 1 amide bonds. The van der Waals surface area contributed by atoms with Crippen LogP contribution in [0.15, 0.2) is 47.4 Å². The molecule has 1 N–H and O–H groups in total. The molecule has 1 aliphatic heterocycles. The zero-order valence-corrected chi connectivity index (χ0v) is 17.3. The third kappa shape index (κ3) is 5.33. The van der Waals surface area contributed by atoms with E-state index in [2.05, 4.69) is 5.32 Å². The van der Waals surface area contributed by atoms with Gasteiger partial charge in [-0.2, -0.15) is 13.2 Å². The van der Waals surface area contributed by atoms with Gasteiger partial charge in [0, 0.05) is 19.5 Å². The molecular weight excluding hydrogens is 417 g/mol. The van der Waals surface area contributed by atoms with Crippen LogP contribution in [0.1, 0.15) is 30.4 Å². The van der Waals surface area contributed by atoms with E-state index < -0.39 is 33.2 Å². The number of rotatable bonds is 6. The van der Waals surface area contributed by atoms with Gasteiger partial charge in [-0.25, -0.2) is 8.42 Å². The third-order valence-electron chi connectivity index (χ3n) is 5.02. The predicted octanol–water partition coefficient (Wildman–Crippen LogP) is 4.42. The van der Waals surface area contributed by atoms with Crippen LogP contribution in [0.5, 0.6) is 0 Å². The summed E-state index contributed by atoms with van der Waals surface area (Å²) in [5.41, 5.74) is 0.596. The van der Waals surface area contributed by atoms with Crippen molar-refractivity contribution in [2.75, 3.05) is 29.1 Å². The van der Waals surface area contributed by atoms with E-state index in [1.807, 2.05) is 11.8 Å². The Labute approximate surface area is 173 Å².